The molecule has 3 nitrogen and oxygen atoms in total. The summed E-state index contributed by atoms with van der Waals surface area (Å²) in [6, 6.07) is 6.03. The van der Waals surface area contributed by atoms with E-state index in [1.807, 2.05) is 13.8 Å². The van der Waals surface area contributed by atoms with Crippen LogP contribution in [0, 0.1) is 57.1 Å². The normalized spacial score (nSPS) is 8.84. The van der Waals surface area contributed by atoms with Crippen LogP contribution in [0.4, 0.5) is 5.69 Å². The van der Waals surface area contributed by atoms with E-state index in [4.69, 9.17) is 0 Å². The van der Waals surface area contributed by atoms with Crippen LogP contribution < -0.4 is 0 Å². The smallest absolute Gasteiger partial charge is 0.258 e. The average Bonchev–Trinajstić information content (AvgIpc) is 2.52. The van der Waals surface area contributed by atoms with E-state index in [9.17, 15) is 10.1 Å². The number of allylic oxidation sites excluding steroid dienone is 2. The van der Waals surface area contributed by atoms with E-state index in [-0.39, 0.29) is 5.69 Å². The van der Waals surface area contributed by atoms with Crippen molar-refractivity contribution < 1.29 is 4.92 Å². The molecule has 0 aromatic heterocycles. The summed E-state index contributed by atoms with van der Waals surface area (Å²) in [5, 5.41) is 10.6. The van der Waals surface area contributed by atoms with Gasteiger partial charge in [-0.1, -0.05) is 31.1 Å². The van der Waals surface area contributed by atoms with Gasteiger partial charge < -0.3 is 0 Å². The monoisotopic (exact) mass is 345 g/mol. The molecule has 1 rings (SSSR count). The molecule has 4 heteroatoms. The number of nitro benzene ring substituents is 1. The maximum absolute atomic E-state index is 10.6. The lowest BCUT2D eigenvalue weighted by Gasteiger charge is -2.01. The first-order valence-corrected chi connectivity index (χ1v) is 11.2. The maximum Gasteiger partial charge on any atom is 0.269 e. The predicted molar refractivity (Wildman–Crippen MR) is 105 cm³/mol. The van der Waals surface area contributed by atoms with E-state index in [0.717, 1.165) is 5.57 Å². The van der Waals surface area contributed by atoms with E-state index in [0.29, 0.717) is 11.1 Å². The van der Waals surface area contributed by atoms with Crippen LogP contribution in [-0.2, 0) is 0 Å². The molecule has 0 N–H and O–H groups in total. The van der Waals surface area contributed by atoms with E-state index in [2.05, 4.69) is 66.6 Å². The number of non-ortho nitro benzene ring substituents is 1. The molecule has 1 aromatic carbocycles. The molecule has 1 aromatic rings. The van der Waals surface area contributed by atoms with Crippen LogP contribution >= 0.6 is 0 Å². The SMILES string of the molecule is CC(C)=C(C#CC#Cc1ccc([N+](=O)[O-])cc1)C#CC#C[Si](C)(C)C. The zero-order chi connectivity index (χ0) is 18.9. The summed E-state index contributed by atoms with van der Waals surface area (Å²) in [6.45, 7) is 10.4. The topological polar surface area (TPSA) is 43.1 Å². The lowest BCUT2D eigenvalue weighted by atomic mass is 10.1. The standard InChI is InChI=1S/C21H19NO2Si/c1-18(2)20(12-8-9-17-25(3,4)5)11-7-6-10-19-13-15-21(16-14-19)22(23)24/h13-16H,1-5H3. The second-order valence-corrected chi connectivity index (χ2v) is 11.2. The molecule has 0 saturated heterocycles. The third-order valence-electron chi connectivity index (χ3n) is 2.72. The zero-order valence-corrected chi connectivity index (χ0v) is 16.1. The Bertz CT molecular complexity index is 929. The summed E-state index contributed by atoms with van der Waals surface area (Å²) < 4.78 is 0. The minimum atomic E-state index is -1.42. The summed E-state index contributed by atoms with van der Waals surface area (Å²) >= 11 is 0. The van der Waals surface area contributed by atoms with E-state index in [1.165, 1.54) is 12.1 Å². The fraction of sp³-hybridized carbons (Fsp3) is 0.238. The Morgan fingerprint density at radius 3 is 2.00 bits per heavy atom. The van der Waals surface area contributed by atoms with Crippen molar-refractivity contribution in [3.8, 4) is 47.0 Å². The van der Waals surface area contributed by atoms with Gasteiger partial charge in [0.25, 0.3) is 5.69 Å². The van der Waals surface area contributed by atoms with Gasteiger partial charge in [0, 0.05) is 17.7 Å². The van der Waals surface area contributed by atoms with Gasteiger partial charge in [-0.3, -0.25) is 10.1 Å². The molecule has 0 radical (unpaired) electrons. The van der Waals surface area contributed by atoms with Crippen molar-refractivity contribution in [1.82, 2.24) is 0 Å². The highest BCUT2D eigenvalue weighted by atomic mass is 28.3. The Morgan fingerprint density at radius 1 is 0.960 bits per heavy atom. The van der Waals surface area contributed by atoms with Crippen LogP contribution in [0.3, 0.4) is 0 Å². The summed E-state index contributed by atoms with van der Waals surface area (Å²) in [6.07, 6.45) is 0. The summed E-state index contributed by atoms with van der Waals surface area (Å²) in [7, 11) is -1.42. The molecule has 0 amide bonds. The second kappa shape index (κ2) is 9.20. The van der Waals surface area contributed by atoms with Crippen LogP contribution in [-0.4, -0.2) is 13.0 Å². The highest BCUT2D eigenvalue weighted by Crippen LogP contribution is 2.10. The molecule has 124 valence electrons. The molecule has 0 spiro atoms. The van der Waals surface area contributed by atoms with Crippen molar-refractivity contribution >= 4 is 13.8 Å². The second-order valence-electron chi connectivity index (χ2n) is 6.43. The average molecular weight is 345 g/mol. The Balaban J connectivity index is 2.90. The van der Waals surface area contributed by atoms with Gasteiger partial charge in [0.05, 0.1) is 10.5 Å². The van der Waals surface area contributed by atoms with Crippen LogP contribution in [0.1, 0.15) is 19.4 Å². The summed E-state index contributed by atoms with van der Waals surface area (Å²) in [5.41, 5.74) is 5.62. The van der Waals surface area contributed by atoms with Crippen molar-refractivity contribution in [1.29, 1.82) is 0 Å². The number of hydrogen-bond donors (Lipinski definition) is 0. The first-order chi connectivity index (χ1) is 11.7. The van der Waals surface area contributed by atoms with E-state index >= 15 is 0 Å². The highest BCUT2D eigenvalue weighted by Gasteiger charge is 2.06. The minimum absolute atomic E-state index is 0.0400. The predicted octanol–water partition coefficient (Wildman–Crippen LogP) is 4.17. The first kappa shape index (κ1) is 19.9. The Morgan fingerprint density at radius 2 is 1.52 bits per heavy atom. The van der Waals surface area contributed by atoms with E-state index in [1.54, 1.807) is 12.1 Å². The molecular formula is C21H19NO2Si. The number of nitro groups is 1. The zero-order valence-electron chi connectivity index (χ0n) is 15.1. The van der Waals surface area contributed by atoms with Crippen LogP contribution in [0.2, 0.25) is 19.6 Å². The molecule has 0 atom stereocenters. The van der Waals surface area contributed by atoms with Crippen molar-refractivity contribution in [2.24, 2.45) is 0 Å². The number of nitrogens with zero attached hydrogens (tertiary/aromatic N) is 1. The van der Waals surface area contributed by atoms with Gasteiger partial charge in [-0.2, -0.15) is 0 Å². The van der Waals surface area contributed by atoms with Gasteiger partial charge in [-0.25, -0.2) is 0 Å². The maximum atomic E-state index is 10.6. The fourth-order valence-corrected chi connectivity index (χ4v) is 1.89. The van der Waals surface area contributed by atoms with Gasteiger partial charge in [0.2, 0.25) is 0 Å². The molecule has 0 aliphatic carbocycles. The third kappa shape index (κ3) is 8.29. The quantitative estimate of drug-likeness (QED) is 0.332. The van der Waals surface area contributed by atoms with Crippen molar-refractivity contribution in [2.75, 3.05) is 0 Å². The van der Waals surface area contributed by atoms with Crippen molar-refractivity contribution in [3.63, 3.8) is 0 Å². The summed E-state index contributed by atoms with van der Waals surface area (Å²) in [5.74, 6) is 20.0. The molecular weight excluding hydrogens is 326 g/mol. The first-order valence-electron chi connectivity index (χ1n) is 7.66. The minimum Gasteiger partial charge on any atom is -0.258 e. The molecule has 0 aliphatic rings. The van der Waals surface area contributed by atoms with Crippen LogP contribution in [0.25, 0.3) is 0 Å². The van der Waals surface area contributed by atoms with Gasteiger partial charge in [-0.15, -0.1) is 5.54 Å². The van der Waals surface area contributed by atoms with Crippen LogP contribution in [0.15, 0.2) is 35.4 Å². The van der Waals surface area contributed by atoms with Gasteiger partial charge in [-0.05, 0) is 61.5 Å². The lowest BCUT2D eigenvalue weighted by Crippen LogP contribution is -2.16. The lowest BCUT2D eigenvalue weighted by molar-refractivity contribution is -0.384. The molecule has 0 fully saturated rings. The Hall–Kier alpha value is -3.18. The molecule has 0 heterocycles. The highest BCUT2D eigenvalue weighted by molar-refractivity contribution is 6.83. The number of benzene rings is 1. The molecule has 0 saturated carbocycles. The van der Waals surface area contributed by atoms with Crippen LogP contribution in [0.5, 0.6) is 0 Å². The largest absolute Gasteiger partial charge is 0.269 e. The molecule has 0 unspecified atom stereocenters. The Kier molecular flexibility index (Phi) is 7.31. The number of hydrogen-bond acceptors (Lipinski definition) is 2. The fourth-order valence-electron chi connectivity index (χ4n) is 1.46. The van der Waals surface area contributed by atoms with Gasteiger partial charge in [0.1, 0.15) is 8.07 Å². The Labute approximate surface area is 150 Å². The van der Waals surface area contributed by atoms with Gasteiger partial charge in [0.15, 0.2) is 0 Å². The van der Waals surface area contributed by atoms with Crippen molar-refractivity contribution in [2.45, 2.75) is 33.5 Å². The van der Waals surface area contributed by atoms with Crippen molar-refractivity contribution in [3.05, 3.63) is 51.1 Å². The summed E-state index contributed by atoms with van der Waals surface area (Å²) in [4.78, 5) is 10.2. The van der Waals surface area contributed by atoms with Gasteiger partial charge >= 0.3 is 0 Å². The number of rotatable bonds is 1. The molecule has 0 bridgehead atoms. The molecule has 0 aliphatic heterocycles. The molecule has 25 heavy (non-hydrogen) atoms. The van der Waals surface area contributed by atoms with E-state index < -0.39 is 13.0 Å². The third-order valence-corrected chi connectivity index (χ3v) is 3.60.